The average molecular weight is 495 g/mol. The molecule has 1 aromatic heterocycles. The fourth-order valence-electron chi connectivity index (χ4n) is 4.04. The molecule has 5 nitrogen and oxygen atoms in total. The highest BCUT2D eigenvalue weighted by molar-refractivity contribution is 6.06. The molecular weight excluding hydrogens is 476 g/mol. The van der Waals surface area contributed by atoms with E-state index >= 15 is 0 Å². The van der Waals surface area contributed by atoms with Gasteiger partial charge in [-0.05, 0) is 43.2 Å². The number of nitrogens with one attached hydrogen (secondary N) is 1. The molecule has 11 heteroatoms. The summed E-state index contributed by atoms with van der Waals surface area (Å²) in [6.07, 6.45) is -7.96. The minimum Gasteiger partial charge on any atom is -0.349 e. The Morgan fingerprint density at radius 1 is 0.886 bits per heavy atom. The summed E-state index contributed by atoms with van der Waals surface area (Å²) < 4.78 is 78.7. The van der Waals surface area contributed by atoms with Crippen molar-refractivity contribution in [2.75, 3.05) is 13.1 Å². The van der Waals surface area contributed by atoms with Crippen LogP contribution in [0.4, 0.5) is 26.3 Å². The number of amides is 2. The van der Waals surface area contributed by atoms with Gasteiger partial charge in [0.25, 0.3) is 11.8 Å². The van der Waals surface area contributed by atoms with Crippen molar-refractivity contribution >= 4 is 22.7 Å². The number of para-hydroxylation sites is 1. The second-order valence-corrected chi connectivity index (χ2v) is 8.21. The first-order valence-electron chi connectivity index (χ1n) is 10.7. The molecule has 0 spiro atoms. The number of carbonyl (C=O) groups excluding carboxylic acids is 2. The maximum atomic E-state index is 13.1. The molecule has 1 aliphatic rings. The number of fused-ring (bicyclic) bond motifs is 1. The van der Waals surface area contributed by atoms with Gasteiger partial charge in [-0.25, -0.2) is 0 Å². The maximum absolute atomic E-state index is 13.1. The molecule has 3 aromatic rings. The smallest absolute Gasteiger partial charge is 0.349 e. The molecule has 0 atom stereocenters. The number of alkyl halides is 6. The Hall–Kier alpha value is -3.63. The van der Waals surface area contributed by atoms with Gasteiger partial charge in [-0.15, -0.1) is 0 Å². The molecule has 35 heavy (non-hydrogen) atoms. The highest BCUT2D eigenvalue weighted by atomic mass is 19.4. The first kappa shape index (κ1) is 24.5. The van der Waals surface area contributed by atoms with Crippen LogP contribution in [-0.2, 0) is 12.4 Å². The van der Waals surface area contributed by atoms with E-state index in [0.29, 0.717) is 41.4 Å². The zero-order valence-corrected chi connectivity index (χ0v) is 18.1. The molecule has 4 rings (SSSR count). The van der Waals surface area contributed by atoms with Crippen LogP contribution < -0.4 is 5.32 Å². The maximum Gasteiger partial charge on any atom is 0.416 e. The average Bonchev–Trinajstić information content (AvgIpc) is 2.82. The van der Waals surface area contributed by atoms with Crippen molar-refractivity contribution in [1.82, 2.24) is 15.2 Å². The molecule has 184 valence electrons. The fourth-order valence-corrected chi connectivity index (χ4v) is 4.04. The van der Waals surface area contributed by atoms with Crippen LogP contribution in [0.25, 0.3) is 10.9 Å². The predicted molar refractivity (Wildman–Crippen MR) is 115 cm³/mol. The molecule has 1 saturated heterocycles. The van der Waals surface area contributed by atoms with Crippen molar-refractivity contribution in [3.8, 4) is 0 Å². The Kier molecular flexibility index (Phi) is 6.44. The van der Waals surface area contributed by atoms with Gasteiger partial charge < -0.3 is 10.2 Å². The standard InChI is InChI=1S/C24H19F6N3O2/c25-23(26,27)15-11-14(12-16(13-15)24(28,29)30)22(35)33-9-6-17(7-10-33)32-21(34)19-5-8-31-20-4-2-1-3-18(19)20/h1-5,8,11-13,17H,6-7,9-10H2,(H,32,34). The van der Waals surface area contributed by atoms with Gasteiger partial charge in [-0.2, -0.15) is 26.3 Å². The summed E-state index contributed by atoms with van der Waals surface area (Å²) in [7, 11) is 0. The number of rotatable bonds is 3. The van der Waals surface area contributed by atoms with E-state index in [2.05, 4.69) is 10.3 Å². The van der Waals surface area contributed by atoms with Gasteiger partial charge >= 0.3 is 12.4 Å². The minimum atomic E-state index is -5.04. The van der Waals surface area contributed by atoms with Crippen molar-refractivity contribution in [2.45, 2.75) is 31.2 Å². The van der Waals surface area contributed by atoms with Crippen molar-refractivity contribution in [2.24, 2.45) is 0 Å². The van der Waals surface area contributed by atoms with E-state index in [-0.39, 0.29) is 31.1 Å². The molecule has 2 aromatic carbocycles. The molecule has 0 unspecified atom stereocenters. The number of hydrogen-bond acceptors (Lipinski definition) is 3. The van der Waals surface area contributed by atoms with Crippen LogP contribution in [0.15, 0.2) is 54.7 Å². The Morgan fingerprint density at radius 2 is 1.49 bits per heavy atom. The van der Waals surface area contributed by atoms with Gasteiger partial charge in [0.05, 0.1) is 22.2 Å². The third-order valence-corrected chi connectivity index (χ3v) is 5.85. The van der Waals surface area contributed by atoms with Gasteiger partial charge in [-0.1, -0.05) is 18.2 Å². The normalized spacial score (nSPS) is 15.3. The first-order chi connectivity index (χ1) is 16.4. The zero-order chi connectivity index (χ0) is 25.4. The van der Waals surface area contributed by atoms with Crippen LogP contribution in [0, 0.1) is 0 Å². The van der Waals surface area contributed by atoms with E-state index in [1.54, 1.807) is 30.3 Å². The summed E-state index contributed by atoms with van der Waals surface area (Å²) in [6, 6.07) is 9.24. The molecule has 2 heterocycles. The van der Waals surface area contributed by atoms with Crippen molar-refractivity contribution in [1.29, 1.82) is 0 Å². The molecular formula is C24H19F6N3O2. The summed E-state index contributed by atoms with van der Waals surface area (Å²) in [5.74, 6) is -1.26. The van der Waals surface area contributed by atoms with Crippen molar-refractivity contribution in [3.05, 3.63) is 77.0 Å². The highest BCUT2D eigenvalue weighted by Gasteiger charge is 2.38. The molecule has 1 fully saturated rings. The molecule has 2 amide bonds. The first-order valence-corrected chi connectivity index (χ1v) is 10.7. The van der Waals surface area contributed by atoms with Gasteiger partial charge in [0.1, 0.15) is 0 Å². The highest BCUT2D eigenvalue weighted by Crippen LogP contribution is 2.36. The van der Waals surface area contributed by atoms with Gasteiger partial charge in [-0.3, -0.25) is 14.6 Å². The predicted octanol–water partition coefficient (Wildman–Crippen LogP) is 5.31. The third-order valence-electron chi connectivity index (χ3n) is 5.85. The third kappa shape index (κ3) is 5.39. The molecule has 1 N–H and O–H groups in total. The number of likely N-dealkylation sites (tertiary alicyclic amines) is 1. The van der Waals surface area contributed by atoms with E-state index in [0.717, 1.165) is 0 Å². The van der Waals surface area contributed by atoms with Crippen LogP contribution in [0.2, 0.25) is 0 Å². The lowest BCUT2D eigenvalue weighted by Crippen LogP contribution is -2.46. The quantitative estimate of drug-likeness (QED) is 0.502. The van der Waals surface area contributed by atoms with Crippen molar-refractivity contribution < 1.29 is 35.9 Å². The molecule has 0 bridgehead atoms. The second-order valence-electron chi connectivity index (χ2n) is 8.21. The van der Waals surface area contributed by atoms with Gasteiger partial charge in [0, 0.05) is 36.3 Å². The number of halogens is 6. The van der Waals surface area contributed by atoms with Gasteiger partial charge in [0.2, 0.25) is 0 Å². The lowest BCUT2D eigenvalue weighted by atomic mass is 10.0. The molecule has 1 aliphatic heterocycles. The largest absolute Gasteiger partial charge is 0.416 e. The number of pyridine rings is 1. The summed E-state index contributed by atoms with van der Waals surface area (Å²) in [5.41, 5.74) is -2.68. The van der Waals surface area contributed by atoms with E-state index < -0.39 is 35.0 Å². The van der Waals surface area contributed by atoms with E-state index in [4.69, 9.17) is 0 Å². The number of hydrogen-bond donors (Lipinski definition) is 1. The molecule has 0 aliphatic carbocycles. The van der Waals surface area contributed by atoms with E-state index in [1.807, 2.05) is 0 Å². The Balaban J connectivity index is 1.45. The number of carbonyl (C=O) groups is 2. The van der Waals surface area contributed by atoms with Crippen LogP contribution >= 0.6 is 0 Å². The molecule has 0 radical (unpaired) electrons. The summed E-state index contributed by atoms with van der Waals surface area (Å²) in [6.45, 7) is 0.136. The van der Waals surface area contributed by atoms with E-state index in [1.165, 1.54) is 11.1 Å². The fraction of sp³-hybridized carbons (Fsp3) is 0.292. The van der Waals surface area contributed by atoms with E-state index in [9.17, 15) is 35.9 Å². The summed E-state index contributed by atoms with van der Waals surface area (Å²) in [4.78, 5) is 30.9. The summed E-state index contributed by atoms with van der Waals surface area (Å²) >= 11 is 0. The van der Waals surface area contributed by atoms with Gasteiger partial charge in [0.15, 0.2) is 0 Å². The lowest BCUT2D eigenvalue weighted by molar-refractivity contribution is -0.143. The Labute approximate surface area is 195 Å². The van der Waals surface area contributed by atoms with Crippen LogP contribution in [0.1, 0.15) is 44.7 Å². The number of nitrogens with zero attached hydrogens (tertiary/aromatic N) is 2. The minimum absolute atomic E-state index is 0.0125. The second kappa shape index (κ2) is 9.20. The van der Waals surface area contributed by atoms with Crippen LogP contribution in [0.5, 0.6) is 0 Å². The Morgan fingerprint density at radius 3 is 2.09 bits per heavy atom. The topological polar surface area (TPSA) is 62.3 Å². The molecule has 0 saturated carbocycles. The number of piperidine rings is 1. The van der Waals surface area contributed by atoms with Crippen LogP contribution in [-0.4, -0.2) is 40.8 Å². The zero-order valence-electron chi connectivity index (χ0n) is 18.1. The van der Waals surface area contributed by atoms with Crippen molar-refractivity contribution in [3.63, 3.8) is 0 Å². The monoisotopic (exact) mass is 495 g/mol. The lowest BCUT2D eigenvalue weighted by Gasteiger charge is -2.32. The number of aromatic nitrogens is 1. The SMILES string of the molecule is O=C(NC1CCN(C(=O)c2cc(C(F)(F)F)cc(C(F)(F)F)c2)CC1)c1ccnc2ccccc12. The number of benzene rings is 2. The summed E-state index contributed by atoms with van der Waals surface area (Å²) in [5, 5.41) is 3.55. The van der Waals surface area contributed by atoms with Crippen LogP contribution in [0.3, 0.4) is 0 Å². The Bertz CT molecular complexity index is 1230.